The molecule has 0 saturated heterocycles. The van der Waals surface area contributed by atoms with Crippen LogP contribution in [0.1, 0.15) is 25.7 Å². The number of aliphatic hydroxyl groups excluding tert-OH is 1. The molecule has 0 amide bonds. The molecule has 0 saturated carbocycles. The van der Waals surface area contributed by atoms with Gasteiger partial charge in [-0.1, -0.05) is 29.0 Å². The molecule has 0 aliphatic carbocycles. The van der Waals surface area contributed by atoms with Gasteiger partial charge >= 0.3 is 6.18 Å². The van der Waals surface area contributed by atoms with Gasteiger partial charge in [0.1, 0.15) is 0 Å². The molecule has 5 heteroatoms. The third-order valence-electron chi connectivity index (χ3n) is 1.38. The van der Waals surface area contributed by atoms with Crippen molar-refractivity contribution in [1.82, 2.24) is 0 Å². The lowest BCUT2D eigenvalue weighted by Gasteiger charge is -2.11. The average molecular weight is 296 g/mol. The predicted molar refractivity (Wildman–Crippen MR) is 49.4 cm³/mol. The van der Waals surface area contributed by atoms with Crippen LogP contribution in [0.2, 0.25) is 0 Å². The van der Waals surface area contributed by atoms with Crippen molar-refractivity contribution in [1.29, 1.82) is 0 Å². The number of halogens is 4. The van der Waals surface area contributed by atoms with Crippen molar-refractivity contribution in [2.24, 2.45) is 0 Å². The summed E-state index contributed by atoms with van der Waals surface area (Å²) in [6.45, 7) is 0.0649. The molecule has 0 heterocycles. The van der Waals surface area contributed by atoms with Crippen LogP contribution in [0.5, 0.6) is 0 Å². The van der Waals surface area contributed by atoms with Gasteiger partial charge in [-0.25, -0.2) is 0 Å². The summed E-state index contributed by atoms with van der Waals surface area (Å²) in [5.41, 5.74) is 0. The maximum absolute atomic E-state index is 11.8. The smallest absolute Gasteiger partial charge is 0.390 e. The molecule has 1 nitrogen and oxygen atoms in total. The zero-order valence-electron chi connectivity index (χ0n) is 6.57. The van der Waals surface area contributed by atoms with Gasteiger partial charge in [0, 0.05) is 10.5 Å². The monoisotopic (exact) mass is 296 g/mol. The second-order valence-corrected chi connectivity index (χ2v) is 4.40. The fraction of sp³-hybridized carbons (Fsp3) is 1.00. The van der Waals surface area contributed by atoms with E-state index >= 15 is 0 Å². The van der Waals surface area contributed by atoms with Crippen LogP contribution in [0, 0.1) is 0 Å². The molecule has 0 aliphatic heterocycles. The average Bonchev–Trinajstić information content (AvgIpc) is 1.84. The molecule has 0 aliphatic rings. The van der Waals surface area contributed by atoms with Crippen molar-refractivity contribution >= 4 is 22.6 Å². The Kier molecular flexibility index (Phi) is 6.25. The topological polar surface area (TPSA) is 20.2 Å². The fourth-order valence-electron chi connectivity index (χ4n) is 0.831. The molecule has 1 unspecified atom stereocenters. The summed E-state index contributed by atoms with van der Waals surface area (Å²) in [7, 11) is 0. The Bertz CT molecular complexity index is 116. The van der Waals surface area contributed by atoms with E-state index in [0.29, 0.717) is 19.3 Å². The van der Waals surface area contributed by atoms with Crippen LogP contribution in [-0.4, -0.2) is 21.8 Å². The first kappa shape index (κ1) is 12.5. The van der Waals surface area contributed by atoms with Gasteiger partial charge in [-0.2, -0.15) is 13.2 Å². The Labute approximate surface area is 83.5 Å². The minimum Gasteiger partial charge on any atom is -0.396 e. The molecular weight excluding hydrogens is 284 g/mol. The van der Waals surface area contributed by atoms with E-state index < -0.39 is 12.6 Å². The molecule has 0 aromatic heterocycles. The minimum atomic E-state index is -4.05. The van der Waals surface area contributed by atoms with Gasteiger partial charge in [0.2, 0.25) is 0 Å². The molecule has 0 rings (SSSR count). The van der Waals surface area contributed by atoms with E-state index in [4.69, 9.17) is 5.11 Å². The fourth-order valence-corrected chi connectivity index (χ4v) is 1.77. The highest BCUT2D eigenvalue weighted by Crippen LogP contribution is 2.27. The zero-order chi connectivity index (χ0) is 9.61. The number of aliphatic hydroxyl groups is 1. The van der Waals surface area contributed by atoms with Crippen LogP contribution in [0.15, 0.2) is 0 Å². The summed E-state index contributed by atoms with van der Waals surface area (Å²) < 4.78 is 34.9. The van der Waals surface area contributed by atoms with Gasteiger partial charge in [-0.3, -0.25) is 0 Å². The summed E-state index contributed by atoms with van der Waals surface area (Å²) in [4.78, 5) is 0. The van der Waals surface area contributed by atoms with Crippen LogP contribution in [0.3, 0.4) is 0 Å². The lowest BCUT2D eigenvalue weighted by molar-refractivity contribution is -0.133. The van der Waals surface area contributed by atoms with Crippen molar-refractivity contribution in [3.8, 4) is 0 Å². The van der Waals surface area contributed by atoms with Gasteiger partial charge in [-0.15, -0.1) is 0 Å². The van der Waals surface area contributed by atoms with Gasteiger partial charge < -0.3 is 5.11 Å². The molecule has 0 bridgehead atoms. The molecule has 0 fully saturated rings. The third kappa shape index (κ3) is 8.58. The van der Waals surface area contributed by atoms with E-state index in [1.165, 1.54) is 0 Å². The first-order valence-electron chi connectivity index (χ1n) is 3.77. The highest BCUT2D eigenvalue weighted by molar-refractivity contribution is 14.1. The summed E-state index contributed by atoms with van der Waals surface area (Å²) in [6, 6.07) is 0. The van der Waals surface area contributed by atoms with E-state index in [1.54, 1.807) is 22.6 Å². The Morgan fingerprint density at radius 3 is 2.25 bits per heavy atom. The Morgan fingerprint density at radius 1 is 1.25 bits per heavy atom. The first-order chi connectivity index (χ1) is 5.45. The lowest BCUT2D eigenvalue weighted by Crippen LogP contribution is -2.14. The van der Waals surface area contributed by atoms with Crippen LogP contribution >= 0.6 is 22.6 Å². The summed E-state index contributed by atoms with van der Waals surface area (Å²) in [5.74, 6) is 0. The van der Waals surface area contributed by atoms with Crippen molar-refractivity contribution < 1.29 is 18.3 Å². The molecule has 0 spiro atoms. The zero-order valence-corrected chi connectivity index (χ0v) is 8.73. The number of hydrogen-bond donors (Lipinski definition) is 1. The van der Waals surface area contributed by atoms with E-state index in [1.807, 2.05) is 0 Å². The maximum atomic E-state index is 11.8. The second kappa shape index (κ2) is 6.01. The van der Waals surface area contributed by atoms with Crippen LogP contribution in [-0.2, 0) is 0 Å². The third-order valence-corrected chi connectivity index (χ3v) is 2.44. The summed E-state index contributed by atoms with van der Waals surface area (Å²) in [5, 5.41) is 8.39. The molecule has 1 N–H and O–H groups in total. The molecule has 12 heavy (non-hydrogen) atoms. The van der Waals surface area contributed by atoms with Crippen molar-refractivity contribution in [3.05, 3.63) is 0 Å². The Balaban J connectivity index is 3.40. The van der Waals surface area contributed by atoms with Crippen LogP contribution in [0.25, 0.3) is 0 Å². The van der Waals surface area contributed by atoms with E-state index in [2.05, 4.69) is 0 Å². The van der Waals surface area contributed by atoms with E-state index in [0.717, 1.165) is 0 Å². The molecule has 1 atom stereocenters. The molecular formula is C7H12F3IO. The Morgan fingerprint density at radius 2 is 1.83 bits per heavy atom. The number of hydrogen-bond acceptors (Lipinski definition) is 1. The van der Waals surface area contributed by atoms with Crippen molar-refractivity contribution in [3.63, 3.8) is 0 Å². The molecule has 0 aromatic rings. The summed E-state index contributed by atoms with van der Waals surface area (Å²) >= 11 is 1.80. The van der Waals surface area contributed by atoms with Crippen molar-refractivity contribution in [2.75, 3.05) is 6.61 Å². The molecule has 0 aromatic carbocycles. The van der Waals surface area contributed by atoms with Crippen molar-refractivity contribution in [2.45, 2.75) is 35.8 Å². The first-order valence-corrected chi connectivity index (χ1v) is 5.02. The van der Waals surface area contributed by atoms with E-state index in [9.17, 15) is 13.2 Å². The predicted octanol–water partition coefficient (Wildman–Crippen LogP) is 2.91. The number of alkyl halides is 4. The standard InChI is InChI=1S/C7H12F3IO/c8-7(9,10)5-6(11)3-1-2-4-12/h6,12H,1-5H2. The largest absolute Gasteiger partial charge is 0.396 e. The normalized spacial score (nSPS) is 14.8. The van der Waals surface area contributed by atoms with Gasteiger partial charge in [-0.05, 0) is 12.8 Å². The highest BCUT2D eigenvalue weighted by atomic mass is 127. The van der Waals surface area contributed by atoms with Gasteiger partial charge in [0.05, 0.1) is 6.42 Å². The SMILES string of the molecule is OCCCCC(I)CC(F)(F)F. The Hall–Kier alpha value is 0.480. The van der Waals surface area contributed by atoms with Crippen LogP contribution < -0.4 is 0 Å². The van der Waals surface area contributed by atoms with Gasteiger partial charge in [0.25, 0.3) is 0 Å². The number of unbranched alkanes of at least 4 members (excludes halogenated alkanes) is 1. The summed E-state index contributed by atoms with van der Waals surface area (Å²) in [6.07, 6.45) is -2.98. The quantitative estimate of drug-likeness (QED) is 0.470. The number of rotatable bonds is 5. The van der Waals surface area contributed by atoms with Crippen LogP contribution in [0.4, 0.5) is 13.2 Å². The second-order valence-electron chi connectivity index (χ2n) is 2.64. The van der Waals surface area contributed by atoms with Gasteiger partial charge in [0.15, 0.2) is 0 Å². The maximum Gasteiger partial charge on any atom is 0.390 e. The lowest BCUT2D eigenvalue weighted by atomic mass is 10.1. The highest BCUT2D eigenvalue weighted by Gasteiger charge is 2.30. The van der Waals surface area contributed by atoms with E-state index in [-0.39, 0.29) is 10.5 Å². The molecule has 74 valence electrons. The minimum absolute atomic E-state index is 0.0649. The molecule has 0 radical (unpaired) electrons.